The van der Waals surface area contributed by atoms with Crippen LogP contribution in [-0.4, -0.2) is 137 Å². The molecule has 2 aromatic carbocycles. The number of benzene rings is 2. The number of likely N-dealkylation sites (tertiary alicyclic amines) is 1. The van der Waals surface area contributed by atoms with Crippen LogP contribution >= 0.6 is 0 Å². The number of carboxylic acid groups (broad SMARTS) is 1. The summed E-state index contributed by atoms with van der Waals surface area (Å²) in [7, 11) is 0. The number of guanidine groups is 1. The largest absolute Gasteiger partial charge is 0.480 e. The highest BCUT2D eigenvalue weighted by Crippen LogP contribution is 2.18. The van der Waals surface area contributed by atoms with Gasteiger partial charge in [-0.1, -0.05) is 60.7 Å². The van der Waals surface area contributed by atoms with Gasteiger partial charge in [0.2, 0.25) is 47.3 Å². The topological polar surface area (TPSA) is 349 Å². The molecule has 2 fully saturated rings. The second-order valence-electron chi connectivity index (χ2n) is 16.4. The van der Waals surface area contributed by atoms with Gasteiger partial charge in [0.25, 0.3) is 0 Å². The molecule has 8 atom stereocenters. The van der Waals surface area contributed by atoms with E-state index in [0.29, 0.717) is 36.9 Å². The lowest BCUT2D eigenvalue weighted by molar-refractivity contribution is -0.149. The predicted octanol–water partition coefficient (Wildman–Crippen LogP) is -2.61. The maximum atomic E-state index is 14.4. The van der Waals surface area contributed by atoms with Gasteiger partial charge in [-0.15, -0.1) is 0 Å². The van der Waals surface area contributed by atoms with Crippen LogP contribution in [0.2, 0.25) is 0 Å². The van der Waals surface area contributed by atoms with Crippen molar-refractivity contribution in [3.63, 3.8) is 0 Å². The number of hydrogen-bond donors (Lipinski definition) is 12. The highest BCUT2D eigenvalue weighted by atomic mass is 16.4. The molecule has 0 bridgehead atoms. The summed E-state index contributed by atoms with van der Waals surface area (Å²) in [6.45, 7) is 3.75. The molecule has 2 aliphatic heterocycles. The summed E-state index contributed by atoms with van der Waals surface area (Å²) in [6.07, 6.45) is 1.67. The molecule has 4 rings (SSSR count). The van der Waals surface area contributed by atoms with Gasteiger partial charge in [-0.25, -0.2) is 4.79 Å². The zero-order valence-corrected chi connectivity index (χ0v) is 37.1. The summed E-state index contributed by atoms with van der Waals surface area (Å²) in [5.41, 5.74) is 12.1. The first kappa shape index (κ1) is 51.5. The molecule has 22 nitrogen and oxygen atoms in total. The number of carbonyl (C=O) groups excluding carboxylic acids is 8. The van der Waals surface area contributed by atoms with Gasteiger partial charge in [-0.05, 0) is 70.0 Å². The van der Waals surface area contributed by atoms with Gasteiger partial charge in [0.1, 0.15) is 42.3 Å². The van der Waals surface area contributed by atoms with E-state index in [0.717, 1.165) is 6.42 Å². The van der Waals surface area contributed by atoms with Crippen molar-refractivity contribution < 1.29 is 48.3 Å². The van der Waals surface area contributed by atoms with E-state index in [1.165, 1.54) is 18.7 Å². The van der Waals surface area contributed by atoms with E-state index in [-0.39, 0.29) is 44.7 Å². The molecule has 0 unspecified atom stereocenters. The Hall–Kier alpha value is -7.10. The van der Waals surface area contributed by atoms with Crippen molar-refractivity contribution >= 4 is 59.2 Å². The summed E-state index contributed by atoms with van der Waals surface area (Å²) in [5.74, 6) is -7.62. The first-order valence-corrected chi connectivity index (χ1v) is 22.0. The number of aliphatic carboxylic acids is 1. The summed E-state index contributed by atoms with van der Waals surface area (Å²) >= 11 is 0. The van der Waals surface area contributed by atoms with Crippen molar-refractivity contribution in [1.82, 2.24) is 47.4 Å². The Balaban J connectivity index is 1.53. The molecule has 358 valence electrons. The Morgan fingerprint density at radius 2 is 1.23 bits per heavy atom. The number of primary amides is 1. The van der Waals surface area contributed by atoms with Crippen LogP contribution < -0.4 is 54.0 Å². The Labute approximate surface area is 382 Å². The zero-order valence-electron chi connectivity index (χ0n) is 37.1. The molecule has 0 spiro atoms. The number of nitrogens with zero attached hydrogens (tertiary/aromatic N) is 1. The molecular formula is C44H62N12O10. The second-order valence-corrected chi connectivity index (χ2v) is 16.4. The molecule has 2 aliphatic rings. The summed E-state index contributed by atoms with van der Waals surface area (Å²) in [4.78, 5) is 121. The Morgan fingerprint density at radius 1 is 0.697 bits per heavy atom. The van der Waals surface area contributed by atoms with Crippen LogP contribution in [0.5, 0.6) is 0 Å². The summed E-state index contributed by atoms with van der Waals surface area (Å²) in [5, 5.41) is 38.3. The zero-order chi connectivity index (χ0) is 48.3. The second kappa shape index (κ2) is 25.4. The number of carbonyl (C=O) groups is 9. The molecule has 66 heavy (non-hydrogen) atoms. The molecule has 0 aromatic heterocycles. The number of hydrogen-bond acceptors (Lipinski definition) is 11. The maximum Gasteiger partial charge on any atom is 0.326 e. The monoisotopic (exact) mass is 918 g/mol. The molecule has 2 heterocycles. The maximum absolute atomic E-state index is 14.4. The third-order valence-electron chi connectivity index (χ3n) is 11.2. The summed E-state index contributed by atoms with van der Waals surface area (Å²) in [6, 6.07) is 7.89. The van der Waals surface area contributed by atoms with Crippen molar-refractivity contribution in [1.29, 1.82) is 5.41 Å². The fourth-order valence-electron chi connectivity index (χ4n) is 7.64. The molecule has 0 radical (unpaired) electrons. The van der Waals surface area contributed by atoms with E-state index in [2.05, 4.69) is 42.5 Å². The molecule has 22 heteroatoms. The molecule has 2 aromatic rings. The van der Waals surface area contributed by atoms with Crippen LogP contribution in [0.25, 0.3) is 0 Å². The van der Waals surface area contributed by atoms with Gasteiger partial charge in [-0.3, -0.25) is 43.8 Å². The van der Waals surface area contributed by atoms with Gasteiger partial charge in [0.15, 0.2) is 5.96 Å². The third-order valence-corrected chi connectivity index (χ3v) is 11.2. The van der Waals surface area contributed by atoms with Gasteiger partial charge in [0, 0.05) is 25.9 Å². The number of rotatable bonds is 24. The highest BCUT2D eigenvalue weighted by molar-refractivity contribution is 5.98. The average Bonchev–Trinajstić information content (AvgIpc) is 4.01. The minimum absolute atomic E-state index is 0.0378. The molecule has 14 N–H and O–H groups in total. The van der Waals surface area contributed by atoms with Crippen molar-refractivity contribution in [2.75, 3.05) is 19.6 Å². The predicted molar refractivity (Wildman–Crippen MR) is 240 cm³/mol. The van der Waals surface area contributed by atoms with Crippen LogP contribution in [0.3, 0.4) is 0 Å². The third kappa shape index (κ3) is 16.2. The van der Waals surface area contributed by atoms with Gasteiger partial charge >= 0.3 is 5.97 Å². The molecular weight excluding hydrogens is 857 g/mol. The van der Waals surface area contributed by atoms with E-state index in [1.807, 2.05) is 0 Å². The van der Waals surface area contributed by atoms with E-state index < -0.39 is 108 Å². The lowest BCUT2D eigenvalue weighted by Gasteiger charge is -2.28. The quantitative estimate of drug-likeness (QED) is 0.0292. The smallest absolute Gasteiger partial charge is 0.326 e. The van der Waals surface area contributed by atoms with Crippen molar-refractivity contribution in [2.45, 2.75) is 120 Å². The van der Waals surface area contributed by atoms with Crippen molar-refractivity contribution in [2.24, 2.45) is 11.5 Å². The van der Waals surface area contributed by atoms with E-state index >= 15 is 0 Å². The van der Waals surface area contributed by atoms with Crippen LogP contribution in [0, 0.1) is 5.41 Å². The van der Waals surface area contributed by atoms with Crippen molar-refractivity contribution in [3.8, 4) is 0 Å². The van der Waals surface area contributed by atoms with Crippen LogP contribution in [0.4, 0.5) is 0 Å². The molecule has 8 amide bonds. The first-order chi connectivity index (χ1) is 31.4. The van der Waals surface area contributed by atoms with E-state index in [9.17, 15) is 48.3 Å². The first-order valence-electron chi connectivity index (χ1n) is 22.0. The number of nitrogens with two attached hydrogens (primary N) is 2. The lowest BCUT2D eigenvalue weighted by Crippen LogP contribution is -2.60. The number of nitrogens with one attached hydrogen (secondary N) is 9. The van der Waals surface area contributed by atoms with E-state index in [1.54, 1.807) is 60.7 Å². The standard InChI is InChI=1S/C44H62N12O10/c1-25(36(58)51-26(2)42(64)56-21-11-18-34(56)43(65)66)50-39(61)33(24-35(45)57)55-41(63)32(23-28-14-7-4-8-15-28)54-40(62)31(22-27-12-5-3-6-13-27)53-38(60)30(17-10-20-49-44(46)47)52-37(59)29-16-9-19-48-29/h3-8,12-15,25-26,29-34,48H,9-11,16-24H2,1-2H3,(H2,45,57)(H,50,61)(H,51,58)(H,52,59)(H,53,60)(H,54,62)(H,55,63)(H,65,66)(H4,46,47,49)/t25-,26-,29-,30-,31-,32-,33-,34+/m0/s1. The summed E-state index contributed by atoms with van der Waals surface area (Å²) < 4.78 is 0. The Kier molecular flexibility index (Phi) is 19.8. The van der Waals surface area contributed by atoms with Crippen LogP contribution in [0.15, 0.2) is 60.7 Å². The fourth-order valence-corrected chi connectivity index (χ4v) is 7.64. The Morgan fingerprint density at radius 3 is 1.74 bits per heavy atom. The SMILES string of the molecule is C[C@H](NC(=O)[C@H](CC(N)=O)NC(=O)[C@H](Cc1ccccc1)NC(=O)[C@H](Cc1ccccc1)NC(=O)[C@H](CCCNC(=N)N)NC(=O)[C@@H]1CCCN1)C(=O)N[C@@H](C)C(=O)N1CCC[C@@H]1C(=O)O. The fraction of sp³-hybridized carbons (Fsp3) is 0.500. The molecule has 0 aliphatic carbocycles. The van der Waals surface area contributed by atoms with Gasteiger partial charge in [0.05, 0.1) is 12.5 Å². The minimum Gasteiger partial charge on any atom is -0.480 e. The number of carboxylic acids is 1. The minimum atomic E-state index is -1.64. The van der Waals surface area contributed by atoms with Crippen molar-refractivity contribution in [3.05, 3.63) is 71.8 Å². The van der Waals surface area contributed by atoms with E-state index in [4.69, 9.17) is 16.9 Å². The Bertz CT molecular complexity index is 2050. The van der Waals surface area contributed by atoms with Crippen LogP contribution in [-0.2, 0) is 56.0 Å². The molecule has 0 saturated carbocycles. The lowest BCUT2D eigenvalue weighted by atomic mass is 10.0. The van der Waals surface area contributed by atoms with Crippen LogP contribution in [0.1, 0.15) is 69.9 Å². The normalized spacial score (nSPS) is 18.2. The number of amides is 8. The molecule has 2 saturated heterocycles. The highest BCUT2D eigenvalue weighted by Gasteiger charge is 2.38. The van der Waals surface area contributed by atoms with Gasteiger partial charge in [-0.2, -0.15) is 0 Å². The van der Waals surface area contributed by atoms with Gasteiger partial charge < -0.3 is 64.0 Å². The average molecular weight is 919 g/mol.